The zero-order chi connectivity index (χ0) is 21.9. The molecular formula is C25H34O5. The monoisotopic (exact) mass is 414 g/mol. The highest BCUT2D eigenvalue weighted by atomic mass is 16.5. The van der Waals surface area contributed by atoms with E-state index in [9.17, 15) is 19.5 Å². The van der Waals surface area contributed by atoms with Crippen LogP contribution in [-0.2, 0) is 19.1 Å². The Bertz CT molecular complexity index is 873. The summed E-state index contributed by atoms with van der Waals surface area (Å²) in [6.45, 7) is 12.3. The minimum atomic E-state index is -1.43. The van der Waals surface area contributed by atoms with Crippen molar-refractivity contribution in [1.82, 2.24) is 0 Å². The van der Waals surface area contributed by atoms with Crippen LogP contribution < -0.4 is 0 Å². The van der Waals surface area contributed by atoms with E-state index in [2.05, 4.69) is 13.5 Å². The quantitative estimate of drug-likeness (QED) is 0.563. The normalized spacial score (nSPS) is 50.4. The molecule has 0 saturated heterocycles. The number of carbonyl (C=O) groups excluding carboxylic acids is 3. The average molecular weight is 415 g/mol. The molecular weight excluding hydrogens is 380 g/mol. The second-order valence-corrected chi connectivity index (χ2v) is 11.4. The minimum Gasteiger partial charge on any atom is -0.461 e. The van der Waals surface area contributed by atoms with Gasteiger partial charge in [-0.05, 0) is 60.8 Å². The standard InChI is InChI=1S/C25H34O5/c1-6-7-19(27)30-18-12-16-22(3,4)17(26)10-11-23(16,5)15-9-8-14-13(2)25(29)20(14)24(15,18)21(25)28/h14-16,18,20,29H,2,6-12H2,1,3-5H3/t14?,15?,16-,18?,20-,23+,24?,25?/m1/s1. The fraction of sp³-hybridized carbons (Fsp3) is 0.800. The van der Waals surface area contributed by atoms with Crippen LogP contribution in [0.4, 0.5) is 0 Å². The van der Waals surface area contributed by atoms with E-state index in [0.29, 0.717) is 31.3 Å². The maximum atomic E-state index is 13.7. The fourth-order valence-corrected chi connectivity index (χ4v) is 8.84. The smallest absolute Gasteiger partial charge is 0.306 e. The summed E-state index contributed by atoms with van der Waals surface area (Å²) >= 11 is 0. The first kappa shape index (κ1) is 20.4. The Hall–Kier alpha value is -1.49. The van der Waals surface area contributed by atoms with Crippen LogP contribution in [0.25, 0.3) is 0 Å². The molecule has 0 bridgehead atoms. The van der Waals surface area contributed by atoms with Gasteiger partial charge >= 0.3 is 5.97 Å². The van der Waals surface area contributed by atoms with Gasteiger partial charge in [0.15, 0.2) is 5.78 Å². The van der Waals surface area contributed by atoms with Gasteiger partial charge < -0.3 is 9.84 Å². The molecule has 0 heterocycles. The van der Waals surface area contributed by atoms with Crippen molar-refractivity contribution in [3.8, 4) is 0 Å². The van der Waals surface area contributed by atoms with Gasteiger partial charge in [0.1, 0.15) is 17.5 Å². The second-order valence-electron chi connectivity index (χ2n) is 11.4. The summed E-state index contributed by atoms with van der Waals surface area (Å²) in [4.78, 5) is 39.2. The maximum Gasteiger partial charge on any atom is 0.306 e. The molecule has 30 heavy (non-hydrogen) atoms. The first-order valence-electron chi connectivity index (χ1n) is 11.7. The van der Waals surface area contributed by atoms with Crippen molar-refractivity contribution in [2.75, 3.05) is 0 Å². The van der Waals surface area contributed by atoms with Crippen molar-refractivity contribution in [2.24, 2.45) is 39.9 Å². The predicted molar refractivity (Wildman–Crippen MR) is 110 cm³/mol. The molecule has 5 fully saturated rings. The lowest BCUT2D eigenvalue weighted by Crippen LogP contribution is -2.89. The molecule has 5 rings (SSSR count). The Morgan fingerprint density at radius 3 is 2.57 bits per heavy atom. The van der Waals surface area contributed by atoms with Gasteiger partial charge in [0, 0.05) is 24.2 Å². The third-order valence-corrected chi connectivity index (χ3v) is 10.2. The Morgan fingerprint density at radius 2 is 1.90 bits per heavy atom. The summed E-state index contributed by atoms with van der Waals surface area (Å²) in [5.74, 6) is -0.157. The molecule has 5 aliphatic carbocycles. The van der Waals surface area contributed by atoms with Gasteiger partial charge in [0.05, 0.1) is 5.41 Å². The largest absolute Gasteiger partial charge is 0.461 e. The Morgan fingerprint density at radius 1 is 1.20 bits per heavy atom. The van der Waals surface area contributed by atoms with Crippen LogP contribution in [0.2, 0.25) is 0 Å². The van der Waals surface area contributed by atoms with E-state index >= 15 is 0 Å². The van der Waals surface area contributed by atoms with Crippen LogP contribution in [0.1, 0.15) is 72.6 Å². The summed E-state index contributed by atoms with van der Waals surface area (Å²) in [6, 6.07) is 0. The molecule has 5 saturated carbocycles. The molecule has 0 radical (unpaired) electrons. The number of rotatable bonds is 3. The van der Waals surface area contributed by atoms with E-state index in [1.165, 1.54) is 0 Å². The molecule has 164 valence electrons. The molecule has 1 spiro atoms. The van der Waals surface area contributed by atoms with Crippen LogP contribution in [-0.4, -0.2) is 34.3 Å². The summed E-state index contributed by atoms with van der Waals surface area (Å²) in [5.41, 5.74) is -2.27. The van der Waals surface area contributed by atoms with E-state index in [4.69, 9.17) is 4.74 Å². The Labute approximate surface area is 178 Å². The zero-order valence-corrected chi connectivity index (χ0v) is 18.6. The van der Waals surface area contributed by atoms with Crippen molar-refractivity contribution in [1.29, 1.82) is 0 Å². The van der Waals surface area contributed by atoms with Crippen molar-refractivity contribution in [3.05, 3.63) is 12.2 Å². The second kappa shape index (κ2) is 5.85. The lowest BCUT2D eigenvalue weighted by Gasteiger charge is -2.79. The van der Waals surface area contributed by atoms with Gasteiger partial charge in [-0.3, -0.25) is 14.4 Å². The molecule has 0 amide bonds. The number of Topliss-reactive ketones (excluding diaryl/α,β-unsaturated/α-hetero) is 2. The average Bonchev–Trinajstić information content (AvgIpc) is 2.70. The zero-order valence-electron chi connectivity index (χ0n) is 18.6. The van der Waals surface area contributed by atoms with Gasteiger partial charge in [0.25, 0.3) is 0 Å². The molecule has 0 aromatic heterocycles. The van der Waals surface area contributed by atoms with E-state index < -0.39 is 22.5 Å². The van der Waals surface area contributed by atoms with Crippen molar-refractivity contribution in [3.63, 3.8) is 0 Å². The van der Waals surface area contributed by atoms with Crippen LogP contribution in [0.3, 0.4) is 0 Å². The maximum absolute atomic E-state index is 13.7. The van der Waals surface area contributed by atoms with Crippen LogP contribution in [0, 0.1) is 39.9 Å². The number of fused-ring (bicyclic) bond motifs is 2. The number of hydrogen-bond donors (Lipinski definition) is 1. The van der Waals surface area contributed by atoms with Crippen LogP contribution in [0.5, 0.6) is 0 Å². The van der Waals surface area contributed by atoms with E-state index in [1.54, 1.807) is 0 Å². The van der Waals surface area contributed by atoms with Crippen LogP contribution in [0.15, 0.2) is 12.2 Å². The van der Waals surface area contributed by atoms with Gasteiger partial charge in [-0.1, -0.05) is 34.3 Å². The van der Waals surface area contributed by atoms with Crippen molar-refractivity contribution in [2.45, 2.75) is 84.3 Å². The highest BCUT2D eigenvalue weighted by Crippen LogP contribution is 2.80. The SMILES string of the molecule is C=C1C2CCC3C4(C(=O)C1(O)[C@H]24)C(OC(=O)CCC)C[C@@H]1C(C)(C)C(=O)CC[C@@]31C. The lowest BCUT2D eigenvalue weighted by molar-refractivity contribution is -0.308. The molecule has 5 nitrogen and oxygen atoms in total. The highest BCUT2D eigenvalue weighted by Gasteiger charge is 2.88. The topological polar surface area (TPSA) is 80.7 Å². The fourth-order valence-electron chi connectivity index (χ4n) is 8.84. The van der Waals surface area contributed by atoms with E-state index in [0.717, 1.165) is 19.3 Å². The molecule has 5 unspecified atom stereocenters. The third kappa shape index (κ3) is 1.93. The molecule has 0 aromatic rings. The number of ketones is 2. The number of aliphatic hydroxyl groups is 1. The van der Waals surface area contributed by atoms with Gasteiger partial charge in [-0.25, -0.2) is 0 Å². The first-order valence-corrected chi connectivity index (χ1v) is 11.7. The molecule has 5 aliphatic rings. The molecule has 0 aromatic carbocycles. The molecule has 8 atom stereocenters. The predicted octanol–water partition coefficient (Wildman–Crippen LogP) is 3.63. The minimum absolute atomic E-state index is 0.0256. The van der Waals surface area contributed by atoms with E-state index in [-0.39, 0.29) is 46.6 Å². The number of ether oxygens (including phenoxy) is 1. The summed E-state index contributed by atoms with van der Waals surface area (Å²) in [5, 5.41) is 11.2. The molecule has 0 aliphatic heterocycles. The lowest BCUT2D eigenvalue weighted by atomic mass is 9.23. The number of hydrogen-bond acceptors (Lipinski definition) is 5. The number of esters is 1. The summed E-state index contributed by atoms with van der Waals surface area (Å²) < 4.78 is 6.06. The Kier molecular flexibility index (Phi) is 3.98. The van der Waals surface area contributed by atoms with Crippen LogP contribution >= 0.6 is 0 Å². The summed E-state index contributed by atoms with van der Waals surface area (Å²) in [6.07, 6.45) is 4.06. The molecule has 5 heteroatoms. The van der Waals surface area contributed by atoms with Gasteiger partial charge in [-0.2, -0.15) is 0 Å². The van der Waals surface area contributed by atoms with E-state index in [1.807, 2.05) is 20.8 Å². The van der Waals surface area contributed by atoms with Gasteiger partial charge in [-0.15, -0.1) is 0 Å². The van der Waals surface area contributed by atoms with Crippen molar-refractivity contribution < 1.29 is 24.2 Å². The van der Waals surface area contributed by atoms with Crippen molar-refractivity contribution >= 4 is 17.5 Å². The van der Waals surface area contributed by atoms with Gasteiger partial charge in [0.2, 0.25) is 0 Å². The Balaban J connectivity index is 1.63. The molecule has 1 N–H and O–H groups in total. The first-order chi connectivity index (χ1) is 14.0. The number of carbonyl (C=O) groups is 3. The summed E-state index contributed by atoms with van der Waals surface area (Å²) in [7, 11) is 0. The third-order valence-electron chi connectivity index (χ3n) is 10.2. The highest BCUT2D eigenvalue weighted by molar-refractivity contribution is 6.07.